The number of hydrogen-bond donors (Lipinski definition) is 10. The number of benzene rings is 1. The van der Waals surface area contributed by atoms with Gasteiger partial charge in [0.2, 0.25) is 0 Å². The van der Waals surface area contributed by atoms with Crippen LogP contribution >= 0.6 is 0 Å². The van der Waals surface area contributed by atoms with Crippen LogP contribution in [0, 0.1) is 0 Å². The summed E-state index contributed by atoms with van der Waals surface area (Å²) in [5.41, 5.74) is -0.456. The van der Waals surface area contributed by atoms with E-state index in [9.17, 15) is 55.9 Å². The van der Waals surface area contributed by atoms with Gasteiger partial charge in [0.05, 0.1) is 18.8 Å². The SMILES string of the molecule is O=C(O[C@@H]1[C@@H](O)[C@H](O)O[C@H](CO[C@@H]2O[C@H](CO)[C@@H](O)[C@H](O)[C@H]2O)[C@H]1O)c1cc(O)c(O)c(O)c1. The van der Waals surface area contributed by atoms with Crippen molar-refractivity contribution in [3.63, 3.8) is 0 Å². The fraction of sp³-hybridized carbons (Fsp3) is 0.632. The summed E-state index contributed by atoms with van der Waals surface area (Å²) in [7, 11) is 0. The summed E-state index contributed by atoms with van der Waals surface area (Å²) in [5.74, 6) is -3.82. The first kappa shape index (κ1) is 26.3. The Morgan fingerprint density at radius 1 is 0.824 bits per heavy atom. The first-order valence-electron chi connectivity index (χ1n) is 10.0. The van der Waals surface area contributed by atoms with E-state index in [0.29, 0.717) is 0 Å². The number of esters is 1. The molecular weight excluding hydrogens is 468 g/mol. The minimum atomic E-state index is -1.97. The van der Waals surface area contributed by atoms with Gasteiger partial charge in [0, 0.05) is 0 Å². The quantitative estimate of drug-likeness (QED) is 0.132. The van der Waals surface area contributed by atoms with Crippen molar-refractivity contribution in [1.29, 1.82) is 0 Å². The van der Waals surface area contributed by atoms with Gasteiger partial charge in [-0.1, -0.05) is 0 Å². The Bertz CT molecular complexity index is 839. The van der Waals surface area contributed by atoms with Crippen LogP contribution in [0.15, 0.2) is 12.1 Å². The fourth-order valence-corrected chi connectivity index (χ4v) is 3.50. The molecule has 1 aromatic carbocycles. The van der Waals surface area contributed by atoms with Gasteiger partial charge in [0.1, 0.15) is 42.7 Å². The molecule has 0 bridgehead atoms. The Hall–Kier alpha value is -2.31. The molecule has 192 valence electrons. The molecule has 0 amide bonds. The van der Waals surface area contributed by atoms with Crippen molar-refractivity contribution in [1.82, 2.24) is 0 Å². The topological polar surface area (TPSA) is 256 Å². The van der Waals surface area contributed by atoms with Gasteiger partial charge >= 0.3 is 5.97 Å². The summed E-state index contributed by atoms with van der Waals surface area (Å²) in [6.45, 7) is -1.35. The highest BCUT2D eigenvalue weighted by Gasteiger charge is 2.48. The number of phenols is 3. The van der Waals surface area contributed by atoms with Crippen molar-refractivity contribution in [3.8, 4) is 17.2 Å². The minimum absolute atomic E-state index is 0.456. The molecule has 0 aromatic heterocycles. The first-order valence-corrected chi connectivity index (χ1v) is 10.0. The van der Waals surface area contributed by atoms with Crippen LogP contribution in [0.2, 0.25) is 0 Å². The van der Waals surface area contributed by atoms with E-state index in [4.69, 9.17) is 18.9 Å². The first-order chi connectivity index (χ1) is 16.0. The molecule has 15 heteroatoms. The summed E-state index contributed by atoms with van der Waals surface area (Å²) >= 11 is 0. The average Bonchev–Trinajstić information content (AvgIpc) is 2.80. The summed E-state index contributed by atoms with van der Waals surface area (Å²) in [5, 5.41) is 97.9. The Kier molecular flexibility index (Phi) is 8.14. The van der Waals surface area contributed by atoms with Crippen LogP contribution in [-0.2, 0) is 18.9 Å². The van der Waals surface area contributed by atoms with Crippen LogP contribution in [0.3, 0.4) is 0 Å². The summed E-state index contributed by atoms with van der Waals surface area (Å²) in [6.07, 6.45) is -16.9. The van der Waals surface area contributed by atoms with Crippen molar-refractivity contribution in [2.24, 2.45) is 0 Å². The molecule has 1 aromatic rings. The number of aliphatic hydroxyl groups excluding tert-OH is 7. The van der Waals surface area contributed by atoms with Gasteiger partial charge < -0.3 is 70.0 Å². The highest BCUT2D eigenvalue weighted by Crippen LogP contribution is 2.36. The van der Waals surface area contributed by atoms with Crippen LogP contribution < -0.4 is 0 Å². The Morgan fingerprint density at radius 3 is 2.03 bits per heavy atom. The van der Waals surface area contributed by atoms with Crippen molar-refractivity contribution < 1.29 is 74.8 Å². The van der Waals surface area contributed by atoms with Crippen molar-refractivity contribution in [2.75, 3.05) is 13.2 Å². The van der Waals surface area contributed by atoms with Crippen LogP contribution in [0.5, 0.6) is 17.2 Å². The second-order valence-electron chi connectivity index (χ2n) is 7.81. The Morgan fingerprint density at radius 2 is 1.44 bits per heavy atom. The number of carbonyl (C=O) groups excluding carboxylic acids is 1. The standard InChI is InChI=1S/C19H26O15/c20-3-8-11(24)13(26)14(27)19(33-8)31-4-9-12(25)16(15(28)18(30)32-9)34-17(29)5-1-6(21)10(23)7(22)2-5/h1-2,8-9,11-16,18-28,30H,3-4H2/t8-,9-,11-,12-,13+,14-,15-,16+,18-,19-/m1/s1. The predicted molar refractivity (Wildman–Crippen MR) is 103 cm³/mol. The molecule has 2 saturated heterocycles. The summed E-state index contributed by atoms with van der Waals surface area (Å²) in [4.78, 5) is 12.4. The van der Waals surface area contributed by atoms with E-state index < -0.39 is 103 Å². The molecule has 10 N–H and O–H groups in total. The van der Waals surface area contributed by atoms with Crippen molar-refractivity contribution >= 4 is 5.97 Å². The minimum Gasteiger partial charge on any atom is -0.504 e. The highest BCUT2D eigenvalue weighted by atomic mass is 16.7. The molecule has 3 rings (SSSR count). The number of phenolic OH excluding ortho intramolecular Hbond substituents is 3. The third kappa shape index (κ3) is 5.18. The predicted octanol–water partition coefficient (Wildman–Crippen LogP) is -4.42. The van der Waals surface area contributed by atoms with Crippen LogP contribution in [-0.4, -0.2) is 132 Å². The molecule has 0 radical (unpaired) electrons. The van der Waals surface area contributed by atoms with E-state index in [-0.39, 0.29) is 0 Å². The molecule has 34 heavy (non-hydrogen) atoms. The smallest absolute Gasteiger partial charge is 0.338 e. The monoisotopic (exact) mass is 494 g/mol. The summed E-state index contributed by atoms with van der Waals surface area (Å²) in [6, 6.07) is 1.51. The average molecular weight is 494 g/mol. The van der Waals surface area contributed by atoms with E-state index in [2.05, 4.69) is 0 Å². The van der Waals surface area contributed by atoms with E-state index in [1.54, 1.807) is 0 Å². The van der Waals surface area contributed by atoms with E-state index in [1.165, 1.54) is 0 Å². The number of carbonyl (C=O) groups is 1. The maximum Gasteiger partial charge on any atom is 0.338 e. The number of ether oxygens (including phenoxy) is 4. The van der Waals surface area contributed by atoms with E-state index >= 15 is 0 Å². The van der Waals surface area contributed by atoms with Gasteiger partial charge in [0.15, 0.2) is 35.9 Å². The third-order valence-electron chi connectivity index (χ3n) is 5.48. The maximum atomic E-state index is 12.4. The molecule has 0 unspecified atom stereocenters. The van der Waals surface area contributed by atoms with Gasteiger partial charge in [-0.25, -0.2) is 4.79 Å². The van der Waals surface area contributed by atoms with E-state index in [0.717, 1.165) is 12.1 Å². The molecule has 0 spiro atoms. The number of rotatable bonds is 6. The van der Waals surface area contributed by atoms with Crippen LogP contribution in [0.25, 0.3) is 0 Å². The number of aliphatic hydroxyl groups is 7. The van der Waals surface area contributed by atoms with Crippen molar-refractivity contribution in [3.05, 3.63) is 17.7 Å². The lowest BCUT2D eigenvalue weighted by atomic mass is 9.98. The second kappa shape index (κ2) is 10.5. The van der Waals surface area contributed by atoms with E-state index in [1.807, 2.05) is 0 Å². The fourth-order valence-electron chi connectivity index (χ4n) is 3.50. The molecule has 0 aliphatic carbocycles. The summed E-state index contributed by atoms with van der Waals surface area (Å²) < 4.78 is 20.5. The molecule has 2 aliphatic heterocycles. The Balaban J connectivity index is 1.68. The number of hydrogen-bond acceptors (Lipinski definition) is 15. The van der Waals surface area contributed by atoms with Crippen LogP contribution in [0.1, 0.15) is 10.4 Å². The lowest BCUT2D eigenvalue weighted by Gasteiger charge is -2.42. The number of aromatic hydroxyl groups is 3. The normalized spacial score (nSPS) is 38.4. The second-order valence-corrected chi connectivity index (χ2v) is 7.81. The van der Waals surface area contributed by atoms with Crippen LogP contribution in [0.4, 0.5) is 0 Å². The third-order valence-corrected chi connectivity index (χ3v) is 5.48. The molecule has 2 heterocycles. The maximum absolute atomic E-state index is 12.4. The zero-order chi connectivity index (χ0) is 25.3. The van der Waals surface area contributed by atoms with Gasteiger partial charge in [-0.2, -0.15) is 0 Å². The zero-order valence-corrected chi connectivity index (χ0v) is 17.4. The van der Waals surface area contributed by atoms with Gasteiger partial charge in [-0.15, -0.1) is 0 Å². The van der Waals surface area contributed by atoms with Gasteiger partial charge in [-0.3, -0.25) is 0 Å². The molecule has 2 aliphatic rings. The lowest BCUT2D eigenvalue weighted by Crippen LogP contribution is -2.62. The highest BCUT2D eigenvalue weighted by molar-refractivity contribution is 5.91. The van der Waals surface area contributed by atoms with Crippen molar-refractivity contribution in [2.45, 2.75) is 61.4 Å². The molecule has 0 saturated carbocycles. The zero-order valence-electron chi connectivity index (χ0n) is 17.4. The van der Waals surface area contributed by atoms with Gasteiger partial charge in [-0.05, 0) is 12.1 Å². The molecule has 2 fully saturated rings. The lowest BCUT2D eigenvalue weighted by molar-refractivity contribution is -0.325. The Labute approximate surface area is 191 Å². The molecular formula is C19H26O15. The largest absolute Gasteiger partial charge is 0.504 e. The van der Waals surface area contributed by atoms with Gasteiger partial charge in [0.25, 0.3) is 0 Å². The molecule has 10 atom stereocenters. The molecule has 15 nitrogen and oxygen atoms in total.